The lowest BCUT2D eigenvalue weighted by atomic mass is 10.1. The summed E-state index contributed by atoms with van der Waals surface area (Å²) in [5, 5.41) is 11.7. The van der Waals surface area contributed by atoms with Crippen molar-refractivity contribution in [1.82, 2.24) is 0 Å². The lowest BCUT2D eigenvalue weighted by Crippen LogP contribution is -2.17. The number of hydrogen-bond donors (Lipinski definition) is 2. The number of nitrogens with zero attached hydrogens (tertiary/aromatic N) is 2. The Bertz CT molecular complexity index is 658. The van der Waals surface area contributed by atoms with Crippen molar-refractivity contribution in [3.05, 3.63) is 64.4 Å². The monoisotopic (exact) mass is 307 g/mol. The number of rotatable bonds is 4. The van der Waals surface area contributed by atoms with Crippen LogP contribution in [0.25, 0.3) is 0 Å². The summed E-state index contributed by atoms with van der Waals surface area (Å²) in [5.41, 5.74) is 8.01. The fourth-order valence-corrected chi connectivity index (χ4v) is 2.15. The maximum Gasteiger partial charge on any atom is 0.170 e. The molecule has 0 saturated heterocycles. The summed E-state index contributed by atoms with van der Waals surface area (Å²) in [6, 6.07) is 11.9. The fourth-order valence-electron chi connectivity index (χ4n) is 1.95. The molecule has 0 amide bonds. The first-order valence-corrected chi connectivity index (χ1v) is 6.62. The number of hydrogen-bond acceptors (Lipinski definition) is 3. The molecule has 21 heavy (non-hydrogen) atoms. The Balaban J connectivity index is 2.12. The Kier molecular flexibility index (Phi) is 4.65. The summed E-state index contributed by atoms with van der Waals surface area (Å²) in [6.45, 7) is 0.586. The highest BCUT2D eigenvalue weighted by Gasteiger charge is 2.06. The summed E-state index contributed by atoms with van der Waals surface area (Å²) < 4.78 is 13.1. The van der Waals surface area contributed by atoms with E-state index in [0.717, 1.165) is 11.3 Å². The number of halogens is 2. The molecule has 110 valence electrons. The van der Waals surface area contributed by atoms with E-state index in [1.807, 2.05) is 24.1 Å². The van der Waals surface area contributed by atoms with Gasteiger partial charge < -0.3 is 15.8 Å². The van der Waals surface area contributed by atoms with Crippen molar-refractivity contribution in [3.63, 3.8) is 0 Å². The van der Waals surface area contributed by atoms with E-state index in [1.54, 1.807) is 24.3 Å². The summed E-state index contributed by atoms with van der Waals surface area (Å²) in [5.74, 6) is -0.360. The van der Waals surface area contributed by atoms with Gasteiger partial charge in [0, 0.05) is 24.8 Å². The Morgan fingerprint density at radius 1 is 1.29 bits per heavy atom. The van der Waals surface area contributed by atoms with Gasteiger partial charge in [-0.05, 0) is 42.0 Å². The van der Waals surface area contributed by atoms with Crippen molar-refractivity contribution in [3.8, 4) is 0 Å². The molecule has 2 rings (SSSR count). The van der Waals surface area contributed by atoms with Gasteiger partial charge in [-0.2, -0.15) is 0 Å². The lowest BCUT2D eigenvalue weighted by Gasteiger charge is -2.20. The van der Waals surface area contributed by atoms with E-state index in [9.17, 15) is 4.39 Å². The van der Waals surface area contributed by atoms with E-state index in [2.05, 4.69) is 5.16 Å². The van der Waals surface area contributed by atoms with Crippen LogP contribution >= 0.6 is 11.6 Å². The van der Waals surface area contributed by atoms with E-state index in [0.29, 0.717) is 12.1 Å². The Morgan fingerprint density at radius 2 is 1.95 bits per heavy atom. The summed E-state index contributed by atoms with van der Waals surface area (Å²) in [4.78, 5) is 1.99. The molecule has 0 aliphatic rings. The fraction of sp³-hybridized carbons (Fsp3) is 0.133. The molecule has 2 aromatic rings. The van der Waals surface area contributed by atoms with Crippen molar-refractivity contribution in [2.24, 2.45) is 10.9 Å². The molecule has 6 heteroatoms. The smallest absolute Gasteiger partial charge is 0.170 e. The third kappa shape index (κ3) is 3.64. The average molecular weight is 308 g/mol. The molecule has 4 nitrogen and oxygen atoms in total. The van der Waals surface area contributed by atoms with Crippen LogP contribution in [0.5, 0.6) is 0 Å². The van der Waals surface area contributed by atoms with Crippen LogP contribution in [0.3, 0.4) is 0 Å². The van der Waals surface area contributed by atoms with E-state index in [4.69, 9.17) is 22.5 Å². The van der Waals surface area contributed by atoms with Crippen LogP contribution in [0.1, 0.15) is 11.1 Å². The number of amidine groups is 1. The van der Waals surface area contributed by atoms with Gasteiger partial charge >= 0.3 is 0 Å². The van der Waals surface area contributed by atoms with Gasteiger partial charge in [-0.3, -0.25) is 0 Å². The second-order valence-corrected chi connectivity index (χ2v) is 5.04. The first-order chi connectivity index (χ1) is 10.0. The molecule has 0 aliphatic carbocycles. The minimum absolute atomic E-state index is 0.0644. The van der Waals surface area contributed by atoms with Crippen LogP contribution in [0.15, 0.2) is 47.6 Å². The van der Waals surface area contributed by atoms with Crippen molar-refractivity contribution in [2.45, 2.75) is 6.54 Å². The maximum atomic E-state index is 13.1. The van der Waals surface area contributed by atoms with Crippen molar-refractivity contribution < 1.29 is 9.60 Å². The molecule has 0 fully saturated rings. The number of anilines is 1. The molecule has 0 aliphatic heterocycles. The maximum absolute atomic E-state index is 13.1. The van der Waals surface area contributed by atoms with Crippen LogP contribution in [-0.4, -0.2) is 18.1 Å². The Hall–Kier alpha value is -2.27. The highest BCUT2D eigenvalue weighted by Crippen LogP contribution is 2.20. The Labute approximate surface area is 127 Å². The minimum Gasteiger partial charge on any atom is -0.409 e. The van der Waals surface area contributed by atoms with Crippen molar-refractivity contribution in [2.75, 3.05) is 11.9 Å². The molecule has 0 atom stereocenters. The summed E-state index contributed by atoms with van der Waals surface area (Å²) >= 11 is 5.77. The zero-order chi connectivity index (χ0) is 15.4. The van der Waals surface area contributed by atoms with Gasteiger partial charge in [0.2, 0.25) is 0 Å². The van der Waals surface area contributed by atoms with Gasteiger partial charge in [-0.1, -0.05) is 22.8 Å². The quantitative estimate of drug-likeness (QED) is 0.394. The zero-order valence-electron chi connectivity index (χ0n) is 11.4. The van der Waals surface area contributed by atoms with Crippen molar-refractivity contribution in [1.29, 1.82) is 0 Å². The molecule has 0 aromatic heterocycles. The number of oxime groups is 1. The predicted molar refractivity (Wildman–Crippen MR) is 82.5 cm³/mol. The normalized spacial score (nSPS) is 11.5. The van der Waals surface area contributed by atoms with Crippen LogP contribution in [0.2, 0.25) is 5.02 Å². The van der Waals surface area contributed by atoms with Crippen LogP contribution in [0.4, 0.5) is 10.1 Å². The number of nitrogens with two attached hydrogens (primary N) is 1. The first-order valence-electron chi connectivity index (χ1n) is 6.24. The second-order valence-electron chi connectivity index (χ2n) is 4.64. The van der Waals surface area contributed by atoms with Gasteiger partial charge in [0.05, 0.1) is 5.02 Å². The molecule has 0 bridgehead atoms. The third-order valence-electron chi connectivity index (χ3n) is 3.12. The van der Waals surface area contributed by atoms with Gasteiger partial charge in [-0.25, -0.2) is 4.39 Å². The third-order valence-corrected chi connectivity index (χ3v) is 3.40. The second kappa shape index (κ2) is 6.45. The molecule has 3 N–H and O–H groups in total. The standard InChI is InChI=1S/C15H15ClFN3O/c1-20(9-10-2-7-14(17)13(16)8-10)12-5-3-11(4-6-12)15(18)19-21/h2-8,21H,9H2,1H3,(H2,18,19). The van der Waals surface area contributed by atoms with E-state index >= 15 is 0 Å². The summed E-state index contributed by atoms with van der Waals surface area (Å²) in [6.07, 6.45) is 0. The number of benzene rings is 2. The molecular weight excluding hydrogens is 293 g/mol. The van der Waals surface area contributed by atoms with E-state index in [1.165, 1.54) is 6.07 Å². The highest BCUT2D eigenvalue weighted by molar-refractivity contribution is 6.30. The largest absolute Gasteiger partial charge is 0.409 e. The van der Waals surface area contributed by atoms with Crippen LogP contribution < -0.4 is 10.6 Å². The molecule has 0 spiro atoms. The van der Waals surface area contributed by atoms with Gasteiger partial charge in [0.1, 0.15) is 5.82 Å². The van der Waals surface area contributed by atoms with E-state index < -0.39 is 5.82 Å². The van der Waals surface area contributed by atoms with Crippen LogP contribution in [-0.2, 0) is 6.54 Å². The molecular formula is C15H15ClFN3O. The topological polar surface area (TPSA) is 61.8 Å². The average Bonchev–Trinajstić information content (AvgIpc) is 2.50. The lowest BCUT2D eigenvalue weighted by molar-refractivity contribution is 0.318. The van der Waals surface area contributed by atoms with Gasteiger partial charge in [0.25, 0.3) is 0 Å². The van der Waals surface area contributed by atoms with Gasteiger partial charge in [0.15, 0.2) is 5.84 Å². The van der Waals surface area contributed by atoms with Crippen molar-refractivity contribution >= 4 is 23.1 Å². The predicted octanol–water partition coefficient (Wildman–Crippen LogP) is 3.21. The summed E-state index contributed by atoms with van der Waals surface area (Å²) in [7, 11) is 1.91. The SMILES string of the molecule is CN(Cc1ccc(F)c(Cl)c1)c1ccc(/C(N)=N/O)cc1. The molecule has 0 radical (unpaired) electrons. The minimum atomic E-state index is -0.425. The molecule has 0 unspecified atom stereocenters. The van der Waals surface area contributed by atoms with E-state index in [-0.39, 0.29) is 10.9 Å². The van der Waals surface area contributed by atoms with Gasteiger partial charge in [-0.15, -0.1) is 0 Å². The Morgan fingerprint density at radius 3 is 2.52 bits per heavy atom. The highest BCUT2D eigenvalue weighted by atomic mass is 35.5. The molecule has 2 aromatic carbocycles. The zero-order valence-corrected chi connectivity index (χ0v) is 12.2. The van der Waals surface area contributed by atoms with Crippen LogP contribution in [0, 0.1) is 5.82 Å². The first kappa shape index (κ1) is 15.1. The molecule has 0 heterocycles. The molecule has 0 saturated carbocycles.